The van der Waals surface area contributed by atoms with E-state index in [1.54, 1.807) is 0 Å². The average molecular weight is 273 g/mol. The third kappa shape index (κ3) is 5.64. The van der Waals surface area contributed by atoms with Gasteiger partial charge in [0.15, 0.2) is 0 Å². The van der Waals surface area contributed by atoms with Crippen LogP contribution >= 0.6 is 0 Å². The monoisotopic (exact) mass is 273 g/mol. The summed E-state index contributed by atoms with van der Waals surface area (Å²) in [6.07, 6.45) is -1.43. The van der Waals surface area contributed by atoms with E-state index in [1.165, 1.54) is 12.1 Å². The first-order valence-electron chi connectivity index (χ1n) is 6.61. The molecule has 0 saturated heterocycles. The molecule has 0 saturated carbocycles. The van der Waals surface area contributed by atoms with Crippen LogP contribution in [0.1, 0.15) is 50.3 Å². The second-order valence-corrected chi connectivity index (χ2v) is 5.73. The van der Waals surface area contributed by atoms with E-state index in [1.807, 2.05) is 26.8 Å². The van der Waals surface area contributed by atoms with Crippen molar-refractivity contribution in [2.45, 2.75) is 58.2 Å². The molecule has 0 fully saturated rings. The highest BCUT2D eigenvalue weighted by Crippen LogP contribution is 2.31. The molecule has 0 radical (unpaired) electrons. The minimum absolute atomic E-state index is 0.269. The van der Waals surface area contributed by atoms with E-state index >= 15 is 0 Å². The Morgan fingerprint density at radius 3 is 2.11 bits per heavy atom. The lowest BCUT2D eigenvalue weighted by Gasteiger charge is -2.18. The summed E-state index contributed by atoms with van der Waals surface area (Å²) in [4.78, 5) is 0. The Hall–Kier alpha value is -1.03. The van der Waals surface area contributed by atoms with E-state index in [2.05, 4.69) is 0 Å². The predicted octanol–water partition coefficient (Wildman–Crippen LogP) is 4.33. The summed E-state index contributed by atoms with van der Waals surface area (Å²) in [6.45, 7) is 5.72. The Morgan fingerprint density at radius 1 is 1.05 bits per heavy atom. The fourth-order valence-corrected chi connectivity index (χ4v) is 2.02. The van der Waals surface area contributed by atoms with Gasteiger partial charge < -0.3 is 5.73 Å². The highest BCUT2D eigenvalue weighted by Gasteiger charge is 2.30. The normalized spacial score (nSPS) is 12.8. The van der Waals surface area contributed by atoms with Crippen molar-refractivity contribution in [3.8, 4) is 0 Å². The minimum Gasteiger partial charge on any atom is -0.326 e. The molecule has 1 aromatic rings. The van der Waals surface area contributed by atoms with Crippen molar-refractivity contribution in [2.24, 2.45) is 5.73 Å². The average Bonchev–Trinajstić information content (AvgIpc) is 2.25. The van der Waals surface area contributed by atoms with E-state index in [4.69, 9.17) is 5.73 Å². The molecular formula is C15H22F3N. The fourth-order valence-electron chi connectivity index (χ4n) is 2.02. The molecule has 108 valence electrons. The molecule has 1 rings (SSSR count). The molecule has 0 aliphatic heterocycles. The number of alkyl halides is 3. The maximum Gasteiger partial charge on any atom is 0.416 e. The summed E-state index contributed by atoms with van der Waals surface area (Å²) >= 11 is 0. The zero-order valence-corrected chi connectivity index (χ0v) is 11.8. The van der Waals surface area contributed by atoms with Gasteiger partial charge in [-0.05, 0) is 62.8 Å². The van der Waals surface area contributed by atoms with Gasteiger partial charge in [-0.1, -0.05) is 13.0 Å². The summed E-state index contributed by atoms with van der Waals surface area (Å²) in [6, 6.07) is 4.35. The van der Waals surface area contributed by atoms with E-state index < -0.39 is 11.7 Å². The Balaban J connectivity index is 2.83. The lowest BCUT2D eigenvalue weighted by molar-refractivity contribution is -0.137. The van der Waals surface area contributed by atoms with Gasteiger partial charge in [-0.25, -0.2) is 0 Å². The van der Waals surface area contributed by atoms with Gasteiger partial charge in [0, 0.05) is 5.54 Å². The highest BCUT2D eigenvalue weighted by molar-refractivity contribution is 5.32. The first-order valence-corrected chi connectivity index (χ1v) is 6.61. The summed E-state index contributed by atoms with van der Waals surface area (Å²) < 4.78 is 38.3. The molecule has 1 aromatic carbocycles. The molecule has 19 heavy (non-hydrogen) atoms. The van der Waals surface area contributed by atoms with Gasteiger partial charge in [0.1, 0.15) is 0 Å². The van der Waals surface area contributed by atoms with Crippen LogP contribution in [0.5, 0.6) is 0 Å². The summed E-state index contributed by atoms with van der Waals surface area (Å²) in [5.74, 6) is 0. The highest BCUT2D eigenvalue weighted by atomic mass is 19.4. The van der Waals surface area contributed by atoms with Crippen LogP contribution in [0.25, 0.3) is 0 Å². The zero-order valence-electron chi connectivity index (χ0n) is 11.8. The van der Waals surface area contributed by atoms with Crippen molar-refractivity contribution in [3.05, 3.63) is 34.9 Å². The number of halogens is 3. The molecule has 0 unspecified atom stereocenters. The predicted molar refractivity (Wildman–Crippen MR) is 72.0 cm³/mol. The number of benzene rings is 1. The first-order chi connectivity index (χ1) is 8.62. The standard InChI is InChI=1S/C15H22F3N/c1-4-11-8-12(6-5-7-14(2,3)19)10-13(9-11)15(16,17)18/h8-10H,4-7,19H2,1-3H3. The number of rotatable bonds is 5. The van der Waals surface area contributed by atoms with Crippen LogP contribution < -0.4 is 5.73 Å². The topological polar surface area (TPSA) is 26.0 Å². The van der Waals surface area contributed by atoms with Crippen LogP contribution in [0.2, 0.25) is 0 Å². The molecule has 1 nitrogen and oxygen atoms in total. The van der Waals surface area contributed by atoms with E-state index in [-0.39, 0.29) is 5.54 Å². The van der Waals surface area contributed by atoms with Crippen molar-refractivity contribution >= 4 is 0 Å². The second-order valence-electron chi connectivity index (χ2n) is 5.73. The summed E-state index contributed by atoms with van der Waals surface area (Å²) in [7, 11) is 0. The first kappa shape index (κ1) is 16.0. The lowest BCUT2D eigenvalue weighted by atomic mass is 9.95. The number of hydrogen-bond acceptors (Lipinski definition) is 1. The van der Waals surface area contributed by atoms with Gasteiger partial charge in [0.2, 0.25) is 0 Å². The third-order valence-electron chi connectivity index (χ3n) is 3.07. The Morgan fingerprint density at radius 2 is 1.63 bits per heavy atom. The molecule has 0 bridgehead atoms. The van der Waals surface area contributed by atoms with E-state index in [9.17, 15) is 13.2 Å². The summed E-state index contributed by atoms with van der Waals surface area (Å²) in [5.41, 5.74) is 6.54. The number of nitrogens with two attached hydrogens (primary N) is 1. The van der Waals surface area contributed by atoms with E-state index in [0.29, 0.717) is 12.8 Å². The second kappa shape index (κ2) is 5.95. The zero-order chi connectivity index (χ0) is 14.7. The molecule has 0 spiro atoms. The lowest BCUT2D eigenvalue weighted by Crippen LogP contribution is -2.31. The van der Waals surface area contributed by atoms with Crippen LogP contribution in [0, 0.1) is 0 Å². The maximum atomic E-state index is 12.8. The molecule has 0 heterocycles. The Kier molecular flexibility index (Phi) is 5.02. The van der Waals surface area contributed by atoms with Crippen molar-refractivity contribution in [3.63, 3.8) is 0 Å². The van der Waals surface area contributed by atoms with Gasteiger partial charge >= 0.3 is 6.18 Å². The maximum absolute atomic E-state index is 12.8. The van der Waals surface area contributed by atoms with Crippen molar-refractivity contribution in [1.82, 2.24) is 0 Å². The minimum atomic E-state index is -4.27. The van der Waals surface area contributed by atoms with Gasteiger partial charge in [-0.2, -0.15) is 13.2 Å². The SMILES string of the molecule is CCc1cc(CCCC(C)(C)N)cc(C(F)(F)F)c1. The quantitative estimate of drug-likeness (QED) is 0.849. The largest absolute Gasteiger partial charge is 0.416 e. The van der Waals surface area contributed by atoms with Crippen LogP contribution in [0.15, 0.2) is 18.2 Å². The summed E-state index contributed by atoms with van der Waals surface area (Å²) in [5, 5.41) is 0. The van der Waals surface area contributed by atoms with Crippen LogP contribution in [0.4, 0.5) is 13.2 Å². The van der Waals surface area contributed by atoms with E-state index in [0.717, 1.165) is 24.0 Å². The van der Waals surface area contributed by atoms with Crippen LogP contribution in [-0.2, 0) is 19.0 Å². The molecule has 0 aromatic heterocycles. The van der Waals surface area contributed by atoms with Crippen LogP contribution in [-0.4, -0.2) is 5.54 Å². The molecule has 2 N–H and O–H groups in total. The molecule has 0 atom stereocenters. The van der Waals surface area contributed by atoms with Crippen molar-refractivity contribution in [1.29, 1.82) is 0 Å². The van der Waals surface area contributed by atoms with Gasteiger partial charge in [-0.3, -0.25) is 0 Å². The van der Waals surface area contributed by atoms with Crippen molar-refractivity contribution in [2.75, 3.05) is 0 Å². The van der Waals surface area contributed by atoms with Gasteiger partial charge in [0.25, 0.3) is 0 Å². The fraction of sp³-hybridized carbons (Fsp3) is 0.600. The molecule has 0 aliphatic carbocycles. The Labute approximate surface area is 113 Å². The Bertz CT molecular complexity index is 416. The third-order valence-corrected chi connectivity index (χ3v) is 3.07. The van der Waals surface area contributed by atoms with Gasteiger partial charge in [0.05, 0.1) is 5.56 Å². The van der Waals surface area contributed by atoms with Gasteiger partial charge in [-0.15, -0.1) is 0 Å². The molecular weight excluding hydrogens is 251 g/mol. The number of aryl methyl sites for hydroxylation is 2. The van der Waals surface area contributed by atoms with Crippen LogP contribution in [0.3, 0.4) is 0 Å². The smallest absolute Gasteiger partial charge is 0.326 e. The molecule has 0 amide bonds. The molecule has 0 aliphatic rings. The molecule has 4 heteroatoms. The van der Waals surface area contributed by atoms with Crippen molar-refractivity contribution < 1.29 is 13.2 Å². The number of hydrogen-bond donors (Lipinski definition) is 1.